The zero-order valence-electron chi connectivity index (χ0n) is 35.7. The van der Waals surface area contributed by atoms with Crippen molar-refractivity contribution in [2.75, 3.05) is 0 Å². The molecule has 0 saturated heterocycles. The van der Waals surface area contributed by atoms with E-state index in [1.54, 1.807) is 0 Å². The molecule has 2 aromatic heterocycles. The molecule has 0 aliphatic carbocycles. The first-order chi connectivity index (χ1) is 32.7. The molecule has 0 radical (unpaired) electrons. The summed E-state index contributed by atoms with van der Waals surface area (Å²) in [6.07, 6.45) is -0.591. The van der Waals surface area contributed by atoms with Gasteiger partial charge in [0.15, 0.2) is 0 Å². The van der Waals surface area contributed by atoms with Crippen LogP contribution in [0.2, 0.25) is 0 Å². The minimum Gasteiger partial charge on any atom is -0.350 e. The van der Waals surface area contributed by atoms with Crippen molar-refractivity contribution >= 4 is 102 Å². The van der Waals surface area contributed by atoms with Crippen LogP contribution in [-0.4, -0.2) is 10.4 Å². The molecule has 0 bridgehead atoms. The predicted molar refractivity (Wildman–Crippen MR) is 280 cm³/mol. The Bertz CT molecular complexity index is 4150. The largest absolute Gasteiger partial charge is 0.350 e. The van der Waals surface area contributed by atoms with Crippen molar-refractivity contribution in [2.24, 2.45) is 4.99 Å². The quantitative estimate of drug-likeness (QED) is 0.181. The van der Waals surface area contributed by atoms with Crippen molar-refractivity contribution in [3.63, 3.8) is 0 Å². The molecule has 0 spiro atoms. The van der Waals surface area contributed by atoms with Crippen molar-refractivity contribution < 1.29 is 0 Å². The lowest BCUT2D eigenvalue weighted by Crippen LogP contribution is -2.45. The predicted octanol–water partition coefficient (Wildman–Crippen LogP) is 15.8. The lowest BCUT2D eigenvalue weighted by molar-refractivity contribution is 0.411. The minimum atomic E-state index is -0.370. The van der Waals surface area contributed by atoms with Crippen LogP contribution in [0.3, 0.4) is 0 Å². The maximum atomic E-state index is 5.60. The number of nitrogens with zero attached hydrogens (tertiary/aromatic N) is 2. The van der Waals surface area contributed by atoms with Gasteiger partial charge in [0.05, 0.1) is 16.7 Å². The molecule has 66 heavy (non-hydrogen) atoms. The third-order valence-corrected chi connectivity index (χ3v) is 15.0. The second kappa shape index (κ2) is 14.7. The molecular weight excluding hydrogens is 821 g/mol. The van der Waals surface area contributed by atoms with Crippen LogP contribution in [0.15, 0.2) is 223 Å². The molecule has 2 N–H and O–H groups in total. The number of fused-ring (bicyclic) bond motifs is 11. The molecule has 2 atom stereocenters. The third kappa shape index (κ3) is 5.84. The topological polar surface area (TPSA) is 41.4 Å². The number of hydrogen-bond donors (Lipinski definition) is 2. The summed E-state index contributed by atoms with van der Waals surface area (Å²) in [5, 5.41) is 22.6. The molecule has 310 valence electrons. The number of aromatic nitrogens is 1. The van der Waals surface area contributed by atoms with E-state index in [0.717, 1.165) is 33.8 Å². The number of aliphatic imine (C=N–C) groups is 1. The van der Waals surface area contributed by atoms with Crippen LogP contribution in [0.25, 0.3) is 102 Å². The van der Waals surface area contributed by atoms with Gasteiger partial charge >= 0.3 is 0 Å². The lowest BCUT2D eigenvalue weighted by Gasteiger charge is -2.33. The summed E-state index contributed by atoms with van der Waals surface area (Å²) >= 11 is 1.86. The van der Waals surface area contributed by atoms with E-state index < -0.39 is 0 Å². The van der Waals surface area contributed by atoms with Crippen LogP contribution in [0.1, 0.15) is 29.0 Å². The highest BCUT2D eigenvalue weighted by Crippen LogP contribution is 2.44. The zero-order chi connectivity index (χ0) is 43.3. The molecule has 2 unspecified atom stereocenters. The Hall–Kier alpha value is -8.09. The standard InChI is InChI=1S/C61H40N4S/c1-2-17-41-36-55-52(33-40(41)16-1)48-30-27-39-15-5-8-22-46(39)58(48)65(55)54-31-28-43(35-51(54)42-29-32-57-53(34-42)47-23-9-10-26-56(47)66-57)59-62-60(49-24-11-18-37-13-3-6-20-44(37)49)64-61(63-59)50-25-12-19-38-14-4-7-21-45(38)50/h1-36,59-60,62H,(H,63,64). The van der Waals surface area contributed by atoms with E-state index in [2.05, 4.69) is 234 Å². The molecule has 1 aliphatic rings. The molecule has 11 aromatic carbocycles. The Morgan fingerprint density at radius 1 is 0.424 bits per heavy atom. The number of thiophene rings is 1. The molecule has 4 nitrogen and oxygen atoms in total. The van der Waals surface area contributed by atoms with Gasteiger partial charge in [-0.25, -0.2) is 4.99 Å². The Morgan fingerprint density at radius 3 is 1.91 bits per heavy atom. The van der Waals surface area contributed by atoms with Gasteiger partial charge in [-0.3, -0.25) is 5.32 Å². The van der Waals surface area contributed by atoms with E-state index in [4.69, 9.17) is 4.99 Å². The monoisotopic (exact) mass is 860 g/mol. The molecule has 14 rings (SSSR count). The molecule has 0 saturated carbocycles. The summed E-state index contributed by atoms with van der Waals surface area (Å²) in [6.45, 7) is 0. The van der Waals surface area contributed by atoms with Crippen LogP contribution < -0.4 is 10.6 Å². The number of benzene rings is 11. The summed E-state index contributed by atoms with van der Waals surface area (Å²) < 4.78 is 5.12. The Morgan fingerprint density at radius 2 is 1.08 bits per heavy atom. The molecule has 0 amide bonds. The second-order valence-electron chi connectivity index (χ2n) is 17.5. The maximum Gasteiger partial charge on any atom is 0.132 e. The fourth-order valence-corrected chi connectivity index (χ4v) is 11.8. The summed E-state index contributed by atoms with van der Waals surface area (Å²) in [5.41, 5.74) is 9.18. The van der Waals surface area contributed by atoms with E-state index >= 15 is 0 Å². The normalized spacial score (nSPS) is 15.4. The molecule has 3 heterocycles. The average Bonchev–Trinajstić information content (AvgIpc) is 3.92. The van der Waals surface area contributed by atoms with Gasteiger partial charge in [0.2, 0.25) is 0 Å². The highest BCUT2D eigenvalue weighted by Gasteiger charge is 2.29. The summed E-state index contributed by atoms with van der Waals surface area (Å²) in [7, 11) is 0. The highest BCUT2D eigenvalue weighted by atomic mass is 32.1. The lowest BCUT2D eigenvalue weighted by atomic mass is 9.96. The van der Waals surface area contributed by atoms with Crippen molar-refractivity contribution in [2.45, 2.75) is 12.3 Å². The summed E-state index contributed by atoms with van der Waals surface area (Å²) in [4.78, 5) is 5.60. The zero-order valence-corrected chi connectivity index (χ0v) is 36.6. The van der Waals surface area contributed by atoms with Gasteiger partial charge in [0.25, 0.3) is 0 Å². The van der Waals surface area contributed by atoms with Crippen molar-refractivity contribution in [1.29, 1.82) is 0 Å². The van der Waals surface area contributed by atoms with Crippen LogP contribution in [-0.2, 0) is 0 Å². The molecule has 13 aromatic rings. The SMILES string of the molecule is c1ccc2cc3c(cc2c1)c1ccc2ccccc2c1n3-c1ccc(C2N=C(c3cccc4ccccc34)NC(c3cccc4ccccc34)N2)cc1-c1ccc2sc3ccccc3c2c1. The third-order valence-electron chi connectivity index (χ3n) is 13.8. The fraction of sp³-hybridized carbons (Fsp3) is 0.0328. The number of rotatable bonds is 5. The molecule has 5 heteroatoms. The fourth-order valence-electron chi connectivity index (χ4n) is 10.7. The Balaban J connectivity index is 1.04. The van der Waals surface area contributed by atoms with Crippen molar-refractivity contribution in [1.82, 2.24) is 15.2 Å². The van der Waals surface area contributed by atoms with Gasteiger partial charge in [-0.1, -0.05) is 176 Å². The van der Waals surface area contributed by atoms with Gasteiger partial charge in [0, 0.05) is 47.5 Å². The van der Waals surface area contributed by atoms with E-state index in [0.29, 0.717) is 0 Å². The maximum absolute atomic E-state index is 5.60. The number of hydrogen-bond acceptors (Lipinski definition) is 4. The van der Waals surface area contributed by atoms with Gasteiger partial charge in [-0.05, 0) is 96.9 Å². The van der Waals surface area contributed by atoms with Gasteiger partial charge in [0.1, 0.15) is 18.2 Å². The number of nitrogens with one attached hydrogen (secondary N) is 2. The average molecular weight is 861 g/mol. The van der Waals surface area contributed by atoms with Gasteiger partial charge in [-0.2, -0.15) is 0 Å². The van der Waals surface area contributed by atoms with E-state index in [9.17, 15) is 0 Å². The van der Waals surface area contributed by atoms with Gasteiger partial charge < -0.3 is 9.88 Å². The summed E-state index contributed by atoms with van der Waals surface area (Å²) in [6, 6.07) is 80.2. The smallest absolute Gasteiger partial charge is 0.132 e. The first-order valence-electron chi connectivity index (χ1n) is 22.7. The van der Waals surface area contributed by atoms with E-state index in [-0.39, 0.29) is 12.3 Å². The molecule has 0 fully saturated rings. The first-order valence-corrected chi connectivity index (χ1v) is 23.5. The van der Waals surface area contributed by atoms with Crippen LogP contribution in [0.4, 0.5) is 0 Å². The number of amidine groups is 1. The van der Waals surface area contributed by atoms with Crippen molar-refractivity contribution in [3.05, 3.63) is 235 Å². The minimum absolute atomic E-state index is 0.221. The molecular formula is C61H40N4S. The van der Waals surface area contributed by atoms with Crippen LogP contribution in [0, 0.1) is 0 Å². The highest BCUT2D eigenvalue weighted by molar-refractivity contribution is 7.25. The van der Waals surface area contributed by atoms with E-state index in [1.807, 2.05) is 11.3 Å². The van der Waals surface area contributed by atoms with Crippen molar-refractivity contribution in [3.8, 4) is 16.8 Å². The van der Waals surface area contributed by atoms with Gasteiger partial charge in [-0.15, -0.1) is 11.3 Å². The van der Waals surface area contributed by atoms with Crippen LogP contribution in [0.5, 0.6) is 0 Å². The first kappa shape index (κ1) is 37.3. The molecule has 1 aliphatic heterocycles. The Kier molecular flexibility index (Phi) is 8.32. The Labute approximate surface area is 384 Å². The van der Waals surface area contributed by atoms with Crippen LogP contribution >= 0.6 is 11.3 Å². The second-order valence-corrected chi connectivity index (χ2v) is 18.6. The van der Waals surface area contributed by atoms with E-state index in [1.165, 1.54) is 90.6 Å². The summed E-state index contributed by atoms with van der Waals surface area (Å²) in [5.74, 6) is 0.867.